The molecule has 3 rings (SSSR count). The van der Waals surface area contributed by atoms with Crippen LogP contribution in [0.2, 0.25) is 0 Å². The Balaban J connectivity index is 1.57. The highest BCUT2D eigenvalue weighted by molar-refractivity contribution is 5.78. The first-order chi connectivity index (χ1) is 11.7. The molecule has 8 nitrogen and oxygen atoms in total. The van der Waals surface area contributed by atoms with Gasteiger partial charge >= 0.3 is 0 Å². The highest BCUT2D eigenvalue weighted by atomic mass is 16.5. The van der Waals surface area contributed by atoms with Crippen LogP contribution in [0.4, 0.5) is 0 Å². The molecule has 1 aromatic heterocycles. The Morgan fingerprint density at radius 1 is 1.42 bits per heavy atom. The normalized spacial score (nSPS) is 24.1. The molecule has 8 heteroatoms. The van der Waals surface area contributed by atoms with Gasteiger partial charge in [0.1, 0.15) is 19.2 Å². The van der Waals surface area contributed by atoms with E-state index in [0.29, 0.717) is 25.5 Å². The van der Waals surface area contributed by atoms with Gasteiger partial charge in [0.2, 0.25) is 11.8 Å². The first kappa shape index (κ1) is 16.9. The molecule has 0 N–H and O–H groups in total. The second-order valence-corrected chi connectivity index (χ2v) is 6.52. The predicted molar refractivity (Wildman–Crippen MR) is 85.9 cm³/mol. The van der Waals surface area contributed by atoms with Gasteiger partial charge in [-0.15, -0.1) is 0 Å². The quantitative estimate of drug-likeness (QED) is 0.692. The first-order valence-corrected chi connectivity index (χ1v) is 8.57. The van der Waals surface area contributed by atoms with Gasteiger partial charge < -0.3 is 14.5 Å². The number of hydrogen-bond acceptors (Lipinski definition) is 5. The van der Waals surface area contributed by atoms with E-state index in [1.54, 1.807) is 18.1 Å². The second-order valence-electron chi connectivity index (χ2n) is 6.52. The largest absolute Gasteiger partial charge is 0.385 e. The van der Waals surface area contributed by atoms with Gasteiger partial charge in [0.25, 0.3) is 0 Å². The molecule has 0 spiro atoms. The van der Waals surface area contributed by atoms with E-state index in [4.69, 9.17) is 4.74 Å². The number of methoxy groups -OCH3 is 1. The van der Waals surface area contributed by atoms with Crippen LogP contribution in [0, 0.1) is 5.92 Å². The van der Waals surface area contributed by atoms with E-state index in [0.717, 1.165) is 32.4 Å². The first-order valence-electron chi connectivity index (χ1n) is 8.57. The van der Waals surface area contributed by atoms with Crippen molar-refractivity contribution in [2.75, 3.05) is 33.4 Å². The van der Waals surface area contributed by atoms with Crippen molar-refractivity contribution < 1.29 is 14.3 Å². The second kappa shape index (κ2) is 7.74. The summed E-state index contributed by atoms with van der Waals surface area (Å²) in [5.41, 5.74) is 0. The smallest absolute Gasteiger partial charge is 0.244 e. The lowest BCUT2D eigenvalue weighted by Gasteiger charge is -2.47. The van der Waals surface area contributed by atoms with Gasteiger partial charge in [-0.05, 0) is 25.2 Å². The van der Waals surface area contributed by atoms with Crippen molar-refractivity contribution in [1.82, 2.24) is 24.6 Å². The van der Waals surface area contributed by atoms with E-state index < -0.39 is 0 Å². The standard InChI is InChI=1S/C16H25N5O3/c1-24-8-2-6-21-14-5-7-19(9-13(14)3-4-15(21)22)16(23)10-20-12-17-11-18-20/h11-14H,2-10H2,1H3/t13-,14+/m0/s1. The minimum Gasteiger partial charge on any atom is -0.385 e. The number of nitrogens with zero attached hydrogens (tertiary/aromatic N) is 5. The molecule has 2 aliphatic heterocycles. The SMILES string of the molecule is COCCCN1C(=O)CC[C@H]2CN(C(=O)Cn3cncn3)CC[C@H]21. The van der Waals surface area contributed by atoms with E-state index in [9.17, 15) is 9.59 Å². The molecule has 2 fully saturated rings. The van der Waals surface area contributed by atoms with Gasteiger partial charge in [0.15, 0.2) is 0 Å². The monoisotopic (exact) mass is 335 g/mol. The molecule has 0 unspecified atom stereocenters. The third-order valence-electron chi connectivity index (χ3n) is 5.01. The van der Waals surface area contributed by atoms with Gasteiger partial charge in [0, 0.05) is 45.8 Å². The zero-order chi connectivity index (χ0) is 16.9. The third-order valence-corrected chi connectivity index (χ3v) is 5.01. The zero-order valence-corrected chi connectivity index (χ0v) is 14.1. The van der Waals surface area contributed by atoms with E-state index in [1.165, 1.54) is 6.33 Å². The van der Waals surface area contributed by atoms with Crippen molar-refractivity contribution in [2.24, 2.45) is 5.92 Å². The summed E-state index contributed by atoms with van der Waals surface area (Å²) in [6.45, 7) is 3.08. The maximum Gasteiger partial charge on any atom is 0.244 e. The number of carbonyl (C=O) groups is 2. The number of piperidine rings is 2. The topological polar surface area (TPSA) is 80.6 Å². The summed E-state index contributed by atoms with van der Waals surface area (Å²) < 4.78 is 6.65. The van der Waals surface area contributed by atoms with Gasteiger partial charge in [-0.3, -0.25) is 9.59 Å². The molecule has 24 heavy (non-hydrogen) atoms. The van der Waals surface area contributed by atoms with Crippen molar-refractivity contribution >= 4 is 11.8 Å². The summed E-state index contributed by atoms with van der Waals surface area (Å²) in [7, 11) is 1.68. The molecular weight excluding hydrogens is 310 g/mol. The van der Waals surface area contributed by atoms with Crippen molar-refractivity contribution in [1.29, 1.82) is 0 Å². The highest BCUT2D eigenvalue weighted by Crippen LogP contribution is 2.31. The Bertz CT molecular complexity index is 562. The van der Waals surface area contributed by atoms with E-state index >= 15 is 0 Å². The Labute approximate surface area is 141 Å². The number of ether oxygens (including phenoxy) is 1. The van der Waals surface area contributed by atoms with Crippen LogP contribution in [0.5, 0.6) is 0 Å². The van der Waals surface area contributed by atoms with E-state index in [1.807, 2.05) is 9.80 Å². The summed E-state index contributed by atoms with van der Waals surface area (Å²) in [4.78, 5) is 32.5. The predicted octanol–water partition coefficient (Wildman–Crippen LogP) is 0.154. The average Bonchev–Trinajstić information content (AvgIpc) is 3.09. The van der Waals surface area contributed by atoms with Gasteiger partial charge in [-0.2, -0.15) is 5.10 Å². The van der Waals surface area contributed by atoms with Crippen LogP contribution in [0.15, 0.2) is 12.7 Å². The number of carbonyl (C=O) groups excluding carboxylic acids is 2. The number of fused-ring (bicyclic) bond motifs is 1. The van der Waals surface area contributed by atoms with Gasteiger partial charge in [0.05, 0.1) is 0 Å². The molecule has 132 valence electrons. The Morgan fingerprint density at radius 2 is 2.29 bits per heavy atom. The number of rotatable bonds is 6. The maximum atomic E-state index is 12.4. The average molecular weight is 335 g/mol. The molecular formula is C16H25N5O3. The molecule has 2 saturated heterocycles. The highest BCUT2D eigenvalue weighted by Gasteiger charge is 2.39. The van der Waals surface area contributed by atoms with Crippen molar-refractivity contribution in [3.8, 4) is 0 Å². The van der Waals surface area contributed by atoms with E-state index in [2.05, 4.69) is 10.1 Å². The molecule has 0 saturated carbocycles. The Kier molecular flexibility index (Phi) is 5.44. The van der Waals surface area contributed by atoms with Crippen molar-refractivity contribution in [3.05, 3.63) is 12.7 Å². The summed E-state index contributed by atoms with van der Waals surface area (Å²) in [5.74, 6) is 0.690. The summed E-state index contributed by atoms with van der Waals surface area (Å²) in [6.07, 6.45) is 6.16. The summed E-state index contributed by atoms with van der Waals surface area (Å²) in [6, 6.07) is 0.263. The third kappa shape index (κ3) is 3.75. The van der Waals surface area contributed by atoms with Crippen molar-refractivity contribution in [2.45, 2.75) is 38.3 Å². The van der Waals surface area contributed by atoms with Crippen LogP contribution >= 0.6 is 0 Å². The Hall–Kier alpha value is -1.96. The number of amides is 2. The summed E-state index contributed by atoms with van der Waals surface area (Å²) >= 11 is 0. The minimum absolute atomic E-state index is 0.0711. The van der Waals surface area contributed by atoms with Crippen LogP contribution in [-0.2, 0) is 20.9 Å². The molecule has 1 aromatic rings. The lowest BCUT2D eigenvalue weighted by molar-refractivity contribution is -0.144. The number of hydrogen-bond donors (Lipinski definition) is 0. The van der Waals surface area contributed by atoms with Crippen LogP contribution < -0.4 is 0 Å². The molecule has 3 heterocycles. The van der Waals surface area contributed by atoms with E-state index in [-0.39, 0.29) is 24.4 Å². The Morgan fingerprint density at radius 3 is 3.04 bits per heavy atom. The molecule has 0 aromatic carbocycles. The minimum atomic E-state index is 0.0711. The summed E-state index contributed by atoms with van der Waals surface area (Å²) in [5, 5.41) is 3.99. The number of aromatic nitrogens is 3. The van der Waals surface area contributed by atoms with Crippen LogP contribution in [0.25, 0.3) is 0 Å². The number of likely N-dealkylation sites (tertiary alicyclic amines) is 2. The maximum absolute atomic E-state index is 12.4. The fraction of sp³-hybridized carbons (Fsp3) is 0.750. The van der Waals surface area contributed by atoms with Gasteiger partial charge in [-0.25, -0.2) is 9.67 Å². The molecule has 2 aliphatic rings. The van der Waals surface area contributed by atoms with Crippen molar-refractivity contribution in [3.63, 3.8) is 0 Å². The fourth-order valence-electron chi connectivity index (χ4n) is 3.80. The lowest BCUT2D eigenvalue weighted by Crippen LogP contribution is -2.57. The molecule has 0 radical (unpaired) electrons. The van der Waals surface area contributed by atoms with Gasteiger partial charge in [-0.1, -0.05) is 0 Å². The lowest BCUT2D eigenvalue weighted by atomic mass is 9.83. The molecule has 0 bridgehead atoms. The van der Waals surface area contributed by atoms with Crippen LogP contribution in [0.3, 0.4) is 0 Å². The fourth-order valence-corrected chi connectivity index (χ4v) is 3.80. The molecule has 0 aliphatic carbocycles. The van der Waals surface area contributed by atoms with Crippen LogP contribution in [-0.4, -0.2) is 75.8 Å². The van der Waals surface area contributed by atoms with Crippen LogP contribution in [0.1, 0.15) is 25.7 Å². The molecule has 2 atom stereocenters. The zero-order valence-electron chi connectivity index (χ0n) is 14.1. The molecule has 2 amide bonds.